The van der Waals surface area contributed by atoms with Crippen molar-refractivity contribution in [3.63, 3.8) is 0 Å². The van der Waals surface area contributed by atoms with Crippen LogP contribution in [-0.4, -0.2) is 30.6 Å². The zero-order valence-corrected chi connectivity index (χ0v) is 9.07. The highest BCUT2D eigenvalue weighted by atomic mass is 19.1. The highest BCUT2D eigenvalue weighted by Crippen LogP contribution is 2.16. The van der Waals surface area contributed by atoms with Gasteiger partial charge in [-0.1, -0.05) is 12.1 Å². The number of halogens is 1. The van der Waals surface area contributed by atoms with Crippen molar-refractivity contribution in [2.45, 2.75) is 12.6 Å². The molecule has 4 heteroatoms. The summed E-state index contributed by atoms with van der Waals surface area (Å²) in [5, 5.41) is 9.42. The van der Waals surface area contributed by atoms with E-state index in [9.17, 15) is 9.50 Å². The van der Waals surface area contributed by atoms with Crippen LogP contribution in [0, 0.1) is 5.82 Å². The summed E-state index contributed by atoms with van der Waals surface area (Å²) in [6.07, 6.45) is -0.784. The molecule has 3 N–H and O–H groups in total. The Balaban J connectivity index is 2.88. The molecule has 0 aliphatic heterocycles. The molecular formula is C11H17FN2O. The summed E-state index contributed by atoms with van der Waals surface area (Å²) < 4.78 is 13.5. The molecule has 0 spiro atoms. The average molecular weight is 212 g/mol. The van der Waals surface area contributed by atoms with Crippen molar-refractivity contribution in [3.05, 3.63) is 35.1 Å². The van der Waals surface area contributed by atoms with Gasteiger partial charge in [0.1, 0.15) is 5.82 Å². The number of benzene rings is 1. The van der Waals surface area contributed by atoms with E-state index in [1.165, 1.54) is 6.07 Å². The lowest BCUT2D eigenvalue weighted by Crippen LogP contribution is -2.14. The molecule has 0 aliphatic carbocycles. The summed E-state index contributed by atoms with van der Waals surface area (Å²) in [6, 6.07) is 4.74. The van der Waals surface area contributed by atoms with Gasteiger partial charge in [0.2, 0.25) is 0 Å². The van der Waals surface area contributed by atoms with Crippen LogP contribution in [0.3, 0.4) is 0 Å². The molecule has 0 heterocycles. The molecule has 0 saturated heterocycles. The number of aliphatic hydroxyl groups excluding tert-OH is 1. The van der Waals surface area contributed by atoms with Crippen LogP contribution in [0.25, 0.3) is 0 Å². The normalized spacial score (nSPS) is 13.2. The number of rotatable bonds is 4. The molecule has 0 saturated carbocycles. The third-order valence-electron chi connectivity index (χ3n) is 2.17. The van der Waals surface area contributed by atoms with Gasteiger partial charge < -0.3 is 15.7 Å². The molecule has 0 aliphatic rings. The van der Waals surface area contributed by atoms with Gasteiger partial charge in [-0.15, -0.1) is 0 Å². The van der Waals surface area contributed by atoms with Gasteiger partial charge in [0.05, 0.1) is 6.10 Å². The van der Waals surface area contributed by atoms with Crippen molar-refractivity contribution in [2.24, 2.45) is 5.73 Å². The second kappa shape index (κ2) is 5.21. The van der Waals surface area contributed by atoms with E-state index < -0.39 is 6.10 Å². The van der Waals surface area contributed by atoms with E-state index in [0.717, 1.165) is 0 Å². The third-order valence-corrected chi connectivity index (χ3v) is 2.17. The molecule has 1 aromatic carbocycles. The van der Waals surface area contributed by atoms with Crippen molar-refractivity contribution in [3.8, 4) is 0 Å². The van der Waals surface area contributed by atoms with Crippen LogP contribution >= 0.6 is 0 Å². The summed E-state index contributed by atoms with van der Waals surface area (Å²) in [5.41, 5.74) is 6.44. The summed E-state index contributed by atoms with van der Waals surface area (Å²) in [5.74, 6) is -0.297. The Hall–Kier alpha value is -0.970. The first kappa shape index (κ1) is 12.1. The summed E-state index contributed by atoms with van der Waals surface area (Å²) >= 11 is 0. The Labute approximate surface area is 89.3 Å². The number of hydrogen-bond donors (Lipinski definition) is 2. The molecule has 0 bridgehead atoms. The van der Waals surface area contributed by atoms with Gasteiger partial charge in [0.25, 0.3) is 0 Å². The summed E-state index contributed by atoms with van der Waals surface area (Å²) in [6.45, 7) is 0.650. The second-order valence-corrected chi connectivity index (χ2v) is 3.84. The Kier molecular flexibility index (Phi) is 4.20. The number of nitrogens with two attached hydrogens (primary N) is 1. The van der Waals surface area contributed by atoms with Crippen LogP contribution in [0.4, 0.5) is 4.39 Å². The summed E-state index contributed by atoms with van der Waals surface area (Å²) in [7, 11) is 3.75. The van der Waals surface area contributed by atoms with E-state index in [1.54, 1.807) is 12.1 Å². The van der Waals surface area contributed by atoms with Crippen molar-refractivity contribution in [1.82, 2.24) is 4.90 Å². The fourth-order valence-electron chi connectivity index (χ4n) is 1.38. The Morgan fingerprint density at radius 3 is 2.60 bits per heavy atom. The SMILES string of the molecule is CN(C)Cc1ccc(C(O)CN)cc1F. The van der Waals surface area contributed by atoms with E-state index in [4.69, 9.17) is 5.73 Å². The Morgan fingerprint density at radius 1 is 1.47 bits per heavy atom. The van der Waals surface area contributed by atoms with Crippen molar-refractivity contribution < 1.29 is 9.50 Å². The van der Waals surface area contributed by atoms with Gasteiger partial charge in [0.15, 0.2) is 0 Å². The molecule has 0 radical (unpaired) electrons. The second-order valence-electron chi connectivity index (χ2n) is 3.84. The fraction of sp³-hybridized carbons (Fsp3) is 0.455. The summed E-state index contributed by atoms with van der Waals surface area (Å²) in [4.78, 5) is 1.89. The highest BCUT2D eigenvalue weighted by molar-refractivity contribution is 5.26. The molecule has 0 aromatic heterocycles. The van der Waals surface area contributed by atoms with E-state index in [-0.39, 0.29) is 12.4 Å². The number of nitrogens with zero attached hydrogens (tertiary/aromatic N) is 1. The lowest BCUT2D eigenvalue weighted by atomic mass is 10.1. The molecular weight excluding hydrogens is 195 g/mol. The largest absolute Gasteiger partial charge is 0.387 e. The smallest absolute Gasteiger partial charge is 0.128 e. The lowest BCUT2D eigenvalue weighted by Gasteiger charge is -2.13. The Morgan fingerprint density at radius 2 is 2.13 bits per heavy atom. The van der Waals surface area contributed by atoms with Crippen molar-refractivity contribution in [1.29, 1.82) is 0 Å². The van der Waals surface area contributed by atoms with E-state index in [1.807, 2.05) is 19.0 Å². The minimum absolute atomic E-state index is 0.104. The minimum Gasteiger partial charge on any atom is -0.387 e. The highest BCUT2D eigenvalue weighted by Gasteiger charge is 2.09. The van der Waals surface area contributed by atoms with E-state index in [0.29, 0.717) is 17.7 Å². The molecule has 0 amide bonds. The molecule has 3 nitrogen and oxygen atoms in total. The monoisotopic (exact) mass is 212 g/mol. The average Bonchev–Trinajstić information content (AvgIpc) is 2.19. The maximum Gasteiger partial charge on any atom is 0.128 e. The lowest BCUT2D eigenvalue weighted by molar-refractivity contribution is 0.186. The topological polar surface area (TPSA) is 49.5 Å². The van der Waals surface area contributed by atoms with E-state index >= 15 is 0 Å². The quantitative estimate of drug-likeness (QED) is 0.779. The molecule has 15 heavy (non-hydrogen) atoms. The zero-order valence-electron chi connectivity index (χ0n) is 9.07. The maximum atomic E-state index is 13.5. The van der Waals surface area contributed by atoms with Crippen LogP contribution in [0.1, 0.15) is 17.2 Å². The van der Waals surface area contributed by atoms with Gasteiger partial charge >= 0.3 is 0 Å². The van der Waals surface area contributed by atoms with Crippen molar-refractivity contribution in [2.75, 3.05) is 20.6 Å². The van der Waals surface area contributed by atoms with Crippen LogP contribution in [-0.2, 0) is 6.54 Å². The minimum atomic E-state index is -0.784. The first-order valence-electron chi connectivity index (χ1n) is 4.85. The number of hydrogen-bond acceptors (Lipinski definition) is 3. The fourth-order valence-corrected chi connectivity index (χ4v) is 1.38. The van der Waals surface area contributed by atoms with Gasteiger partial charge in [-0.05, 0) is 25.7 Å². The van der Waals surface area contributed by atoms with Crippen molar-refractivity contribution >= 4 is 0 Å². The van der Waals surface area contributed by atoms with E-state index in [2.05, 4.69) is 0 Å². The van der Waals surface area contributed by atoms with Gasteiger partial charge in [-0.2, -0.15) is 0 Å². The van der Waals surface area contributed by atoms with Gasteiger partial charge in [-0.3, -0.25) is 0 Å². The van der Waals surface area contributed by atoms with Crippen LogP contribution in [0.15, 0.2) is 18.2 Å². The molecule has 1 rings (SSSR count). The number of aliphatic hydroxyl groups is 1. The Bertz CT molecular complexity index is 328. The zero-order chi connectivity index (χ0) is 11.4. The predicted molar refractivity (Wildman–Crippen MR) is 57.8 cm³/mol. The predicted octanol–water partition coefficient (Wildman–Crippen LogP) is 0.879. The standard InChI is InChI=1S/C11H17FN2O/c1-14(2)7-9-4-3-8(5-10(9)12)11(15)6-13/h3-5,11,15H,6-7,13H2,1-2H3. The molecule has 0 fully saturated rings. The third kappa shape index (κ3) is 3.27. The molecule has 1 atom stereocenters. The molecule has 1 aromatic rings. The van der Waals surface area contributed by atoms with Crippen LogP contribution < -0.4 is 5.73 Å². The molecule has 1 unspecified atom stereocenters. The first-order valence-corrected chi connectivity index (χ1v) is 4.85. The van der Waals surface area contributed by atoms with Crippen LogP contribution in [0.5, 0.6) is 0 Å². The molecule has 84 valence electrons. The maximum absolute atomic E-state index is 13.5. The van der Waals surface area contributed by atoms with Crippen LogP contribution in [0.2, 0.25) is 0 Å². The van der Waals surface area contributed by atoms with Gasteiger partial charge in [0, 0.05) is 18.7 Å². The first-order chi connectivity index (χ1) is 7.04. The van der Waals surface area contributed by atoms with Gasteiger partial charge in [-0.25, -0.2) is 4.39 Å².